The van der Waals surface area contributed by atoms with Crippen LogP contribution in [-0.2, 0) is 0 Å². The Morgan fingerprint density at radius 1 is 0.643 bits per heavy atom. The lowest BCUT2D eigenvalue weighted by Crippen LogP contribution is -2.06. The Balaban J connectivity index is 2.03. The van der Waals surface area contributed by atoms with Gasteiger partial charge in [-0.15, -0.1) is 0 Å². The van der Waals surface area contributed by atoms with Crippen LogP contribution in [0.5, 0.6) is 5.75 Å². The van der Waals surface area contributed by atoms with Crippen molar-refractivity contribution in [3.63, 3.8) is 0 Å². The van der Waals surface area contributed by atoms with Crippen LogP contribution in [-0.4, -0.2) is 5.11 Å². The fourth-order valence-corrected chi connectivity index (χ4v) is 3.76. The molecule has 1 aromatic heterocycles. The Labute approximate surface area is 161 Å². The number of aromatic hydroxyl groups is 1. The van der Waals surface area contributed by atoms with Crippen LogP contribution in [0.1, 0.15) is 0 Å². The first-order valence-corrected chi connectivity index (χ1v) is 9.06. The predicted molar refractivity (Wildman–Crippen MR) is 113 cm³/mol. The molecule has 0 fully saturated rings. The zero-order valence-electron chi connectivity index (χ0n) is 14.9. The van der Waals surface area contributed by atoms with Gasteiger partial charge in [0.15, 0.2) is 0 Å². The third-order valence-electron chi connectivity index (χ3n) is 5.02. The topological polar surface area (TPSA) is 50.4 Å². The number of phenolic OH excluding ortho intramolecular Hbond substituents is 1. The molecule has 0 amide bonds. The molecular weight excluding hydrogens is 348 g/mol. The van der Waals surface area contributed by atoms with E-state index in [4.69, 9.17) is 4.42 Å². The van der Waals surface area contributed by atoms with Crippen LogP contribution in [0.25, 0.3) is 44.0 Å². The van der Waals surface area contributed by atoms with E-state index >= 15 is 0 Å². The van der Waals surface area contributed by atoms with E-state index in [0.29, 0.717) is 11.1 Å². The molecule has 0 spiro atoms. The van der Waals surface area contributed by atoms with Crippen molar-refractivity contribution in [3.8, 4) is 28.0 Å². The van der Waals surface area contributed by atoms with Crippen LogP contribution in [0.2, 0.25) is 0 Å². The zero-order valence-corrected chi connectivity index (χ0v) is 14.9. The van der Waals surface area contributed by atoms with Crippen molar-refractivity contribution in [1.82, 2.24) is 0 Å². The molecule has 1 heterocycles. The van der Waals surface area contributed by atoms with Gasteiger partial charge in [-0.25, -0.2) is 4.79 Å². The van der Waals surface area contributed by atoms with Crippen LogP contribution in [0, 0.1) is 0 Å². The average molecular weight is 364 g/mol. The molecule has 5 rings (SSSR count). The van der Waals surface area contributed by atoms with E-state index in [1.54, 1.807) is 12.1 Å². The lowest BCUT2D eigenvalue weighted by atomic mass is 9.91. The monoisotopic (exact) mass is 364 g/mol. The van der Waals surface area contributed by atoms with Gasteiger partial charge in [-0.1, -0.05) is 72.8 Å². The van der Waals surface area contributed by atoms with Gasteiger partial charge in [-0.3, -0.25) is 0 Å². The molecule has 134 valence electrons. The average Bonchev–Trinajstić information content (AvgIpc) is 2.74. The summed E-state index contributed by atoms with van der Waals surface area (Å²) in [5.74, 6) is 0.183. The molecule has 28 heavy (non-hydrogen) atoms. The molecule has 1 N–H and O–H groups in total. The second kappa shape index (κ2) is 6.39. The first-order valence-electron chi connectivity index (χ1n) is 9.06. The van der Waals surface area contributed by atoms with Gasteiger partial charge in [0.1, 0.15) is 11.3 Å². The molecule has 3 heteroatoms. The number of benzene rings is 4. The summed E-state index contributed by atoms with van der Waals surface area (Å²) in [6.07, 6.45) is 0. The van der Waals surface area contributed by atoms with Gasteiger partial charge < -0.3 is 9.52 Å². The summed E-state index contributed by atoms with van der Waals surface area (Å²) in [4.78, 5) is 13.0. The molecule has 0 radical (unpaired) electrons. The molecule has 5 aromatic rings. The highest BCUT2D eigenvalue weighted by Crippen LogP contribution is 2.39. The zero-order chi connectivity index (χ0) is 19.1. The van der Waals surface area contributed by atoms with E-state index in [1.165, 1.54) is 0 Å². The molecule has 0 aliphatic heterocycles. The van der Waals surface area contributed by atoms with E-state index in [2.05, 4.69) is 0 Å². The van der Waals surface area contributed by atoms with Crippen LogP contribution >= 0.6 is 0 Å². The van der Waals surface area contributed by atoms with Crippen molar-refractivity contribution >= 4 is 21.7 Å². The van der Waals surface area contributed by atoms with Gasteiger partial charge >= 0.3 is 5.63 Å². The van der Waals surface area contributed by atoms with Gasteiger partial charge in [0.25, 0.3) is 0 Å². The van der Waals surface area contributed by atoms with Gasteiger partial charge in [0, 0.05) is 10.9 Å². The summed E-state index contributed by atoms with van der Waals surface area (Å²) in [5, 5.41) is 12.7. The van der Waals surface area contributed by atoms with Gasteiger partial charge in [-0.05, 0) is 40.1 Å². The van der Waals surface area contributed by atoms with E-state index < -0.39 is 0 Å². The van der Waals surface area contributed by atoms with E-state index in [9.17, 15) is 9.90 Å². The molecule has 0 unspecified atom stereocenters. The lowest BCUT2D eigenvalue weighted by Gasteiger charge is -2.14. The third kappa shape index (κ3) is 2.57. The Morgan fingerprint density at radius 3 is 2.11 bits per heavy atom. The Morgan fingerprint density at radius 2 is 1.32 bits per heavy atom. The minimum atomic E-state index is -0.378. The molecule has 3 nitrogen and oxygen atoms in total. The van der Waals surface area contributed by atoms with E-state index in [-0.39, 0.29) is 11.4 Å². The fraction of sp³-hybridized carbons (Fsp3) is 0. The lowest BCUT2D eigenvalue weighted by molar-refractivity contribution is 0.475. The fourth-order valence-electron chi connectivity index (χ4n) is 3.76. The van der Waals surface area contributed by atoms with Gasteiger partial charge in [0.2, 0.25) is 0 Å². The van der Waals surface area contributed by atoms with E-state index in [1.807, 2.05) is 78.9 Å². The number of fused-ring (bicyclic) bond motifs is 3. The summed E-state index contributed by atoms with van der Waals surface area (Å²) in [6.45, 7) is 0. The molecule has 0 aliphatic carbocycles. The molecule has 0 atom stereocenters. The Kier molecular flexibility index (Phi) is 3.73. The van der Waals surface area contributed by atoms with Gasteiger partial charge in [0.05, 0.1) is 5.56 Å². The molecule has 4 aromatic carbocycles. The highest BCUT2D eigenvalue weighted by atomic mass is 16.4. The van der Waals surface area contributed by atoms with Crippen molar-refractivity contribution in [3.05, 3.63) is 101 Å². The predicted octanol–water partition coefficient (Wildman–Crippen LogP) is 5.99. The van der Waals surface area contributed by atoms with Crippen LogP contribution in [0.3, 0.4) is 0 Å². The number of hydrogen-bond acceptors (Lipinski definition) is 3. The molecular formula is C25H16O3. The van der Waals surface area contributed by atoms with Crippen molar-refractivity contribution in [1.29, 1.82) is 0 Å². The normalized spacial score (nSPS) is 11.1. The molecule has 0 aliphatic rings. The third-order valence-corrected chi connectivity index (χ3v) is 5.02. The van der Waals surface area contributed by atoms with Crippen molar-refractivity contribution in [2.45, 2.75) is 0 Å². The summed E-state index contributed by atoms with van der Waals surface area (Å²) in [5.41, 5.74) is 3.16. The van der Waals surface area contributed by atoms with Crippen LogP contribution < -0.4 is 5.63 Å². The van der Waals surface area contributed by atoms with Crippen LogP contribution in [0.4, 0.5) is 0 Å². The van der Waals surface area contributed by atoms with E-state index in [0.717, 1.165) is 32.8 Å². The largest absolute Gasteiger partial charge is 0.508 e. The summed E-state index contributed by atoms with van der Waals surface area (Å²) >= 11 is 0. The summed E-state index contributed by atoms with van der Waals surface area (Å²) in [6, 6.07) is 28.3. The molecule has 0 bridgehead atoms. The molecule has 0 saturated heterocycles. The summed E-state index contributed by atoms with van der Waals surface area (Å²) in [7, 11) is 0. The second-order valence-electron chi connectivity index (χ2n) is 6.71. The minimum Gasteiger partial charge on any atom is -0.508 e. The highest BCUT2D eigenvalue weighted by Gasteiger charge is 2.19. The van der Waals surface area contributed by atoms with Crippen molar-refractivity contribution in [2.24, 2.45) is 0 Å². The minimum absolute atomic E-state index is 0.183. The summed E-state index contributed by atoms with van der Waals surface area (Å²) < 4.78 is 5.74. The van der Waals surface area contributed by atoms with Crippen molar-refractivity contribution in [2.75, 3.05) is 0 Å². The standard InChI is InChI=1S/C25H16O3/c26-19-13-10-18(11-14-19)22-23(17-7-2-1-3-8-17)25(27)28-21-15-12-16-6-4-5-9-20(16)24(21)22/h1-15,26H. The quantitative estimate of drug-likeness (QED) is 0.309. The number of rotatable bonds is 2. The Hall–Kier alpha value is -3.85. The van der Waals surface area contributed by atoms with Crippen LogP contribution in [0.15, 0.2) is 100 Å². The van der Waals surface area contributed by atoms with Gasteiger partial charge in [-0.2, -0.15) is 0 Å². The maximum atomic E-state index is 13.0. The Bertz CT molecular complexity index is 1360. The second-order valence-corrected chi connectivity index (χ2v) is 6.71. The smallest absolute Gasteiger partial charge is 0.344 e. The number of hydrogen-bond donors (Lipinski definition) is 1. The SMILES string of the molecule is O=c1oc2ccc3ccccc3c2c(-c2ccc(O)cc2)c1-c1ccccc1. The first-order chi connectivity index (χ1) is 13.7. The van der Waals surface area contributed by atoms with Crippen molar-refractivity contribution < 1.29 is 9.52 Å². The molecule has 0 saturated carbocycles. The maximum Gasteiger partial charge on any atom is 0.344 e. The number of phenols is 1. The highest BCUT2D eigenvalue weighted by molar-refractivity contribution is 6.15. The maximum absolute atomic E-state index is 13.0. The first kappa shape index (κ1) is 16.3.